The Morgan fingerprint density at radius 3 is 2.82 bits per heavy atom. The first-order valence-electron chi connectivity index (χ1n) is 3.81. The molecule has 0 aromatic carbocycles. The molecule has 0 amide bonds. The zero-order valence-corrected chi connectivity index (χ0v) is 7.05. The van der Waals surface area contributed by atoms with Gasteiger partial charge in [-0.3, -0.25) is 4.79 Å². The number of hydrogen-bond acceptors (Lipinski definition) is 3. The summed E-state index contributed by atoms with van der Waals surface area (Å²) in [6, 6.07) is 0. The first kappa shape index (κ1) is 8.27. The smallest absolute Gasteiger partial charge is 0.162 e. The van der Waals surface area contributed by atoms with Crippen LogP contribution in [0.2, 0.25) is 0 Å². The number of piperidine rings is 1. The van der Waals surface area contributed by atoms with Crippen LogP contribution in [0.1, 0.15) is 6.42 Å². The van der Waals surface area contributed by atoms with E-state index in [4.69, 9.17) is 0 Å². The molecule has 0 aromatic heterocycles. The maximum Gasteiger partial charge on any atom is 0.162 e. The van der Waals surface area contributed by atoms with Crippen molar-refractivity contribution in [3.8, 4) is 0 Å². The number of carbonyl (C=O) groups excluding carboxylic acids is 1. The van der Waals surface area contributed by atoms with Crippen LogP contribution in [-0.4, -0.2) is 37.9 Å². The van der Waals surface area contributed by atoms with E-state index in [9.17, 15) is 4.79 Å². The van der Waals surface area contributed by atoms with Gasteiger partial charge >= 0.3 is 0 Å². The third-order valence-corrected chi connectivity index (χ3v) is 1.62. The molecule has 0 atom stereocenters. The maximum absolute atomic E-state index is 11.2. The molecule has 0 aliphatic carbocycles. The lowest BCUT2D eigenvalue weighted by Crippen LogP contribution is -2.31. The highest BCUT2D eigenvalue weighted by Gasteiger charge is 2.13. The predicted molar refractivity (Wildman–Crippen MR) is 44.3 cm³/mol. The maximum atomic E-state index is 11.2. The number of nitrogens with one attached hydrogen (secondary N) is 1. The van der Waals surface area contributed by atoms with Crippen molar-refractivity contribution in [3.05, 3.63) is 11.8 Å². The number of nitrogens with zero attached hydrogens (tertiary/aromatic N) is 1. The summed E-state index contributed by atoms with van der Waals surface area (Å²) in [5.74, 6) is 0.275. The third kappa shape index (κ3) is 2.35. The van der Waals surface area contributed by atoms with Crippen molar-refractivity contribution in [1.29, 1.82) is 0 Å². The summed E-state index contributed by atoms with van der Waals surface area (Å²) in [4.78, 5) is 13.1. The minimum Gasteiger partial charge on any atom is -0.383 e. The van der Waals surface area contributed by atoms with Crippen molar-refractivity contribution in [1.82, 2.24) is 10.2 Å². The highest BCUT2D eigenvalue weighted by Crippen LogP contribution is 2.03. The van der Waals surface area contributed by atoms with E-state index in [-0.39, 0.29) is 5.78 Å². The Kier molecular flexibility index (Phi) is 2.65. The highest BCUT2D eigenvalue weighted by atomic mass is 16.1. The second kappa shape index (κ2) is 3.53. The van der Waals surface area contributed by atoms with Gasteiger partial charge in [0, 0.05) is 45.4 Å². The van der Waals surface area contributed by atoms with E-state index < -0.39 is 0 Å². The quantitative estimate of drug-likeness (QED) is 0.539. The molecule has 3 heteroatoms. The molecule has 0 spiro atoms. The first-order chi connectivity index (χ1) is 5.20. The van der Waals surface area contributed by atoms with Crippen molar-refractivity contribution in [2.75, 3.05) is 27.2 Å². The van der Waals surface area contributed by atoms with Gasteiger partial charge in [0.1, 0.15) is 0 Å². The van der Waals surface area contributed by atoms with Crippen LogP contribution < -0.4 is 5.32 Å². The SMILES string of the molecule is CN(C)/C=C1/CNCCC1=O. The number of rotatable bonds is 1. The molecule has 11 heavy (non-hydrogen) atoms. The number of carbonyl (C=O) groups is 1. The Balaban J connectivity index is 2.61. The normalized spacial score (nSPS) is 22.4. The fraction of sp³-hybridized carbons (Fsp3) is 0.625. The van der Waals surface area contributed by atoms with Gasteiger partial charge < -0.3 is 10.2 Å². The van der Waals surface area contributed by atoms with Gasteiger partial charge in [0.2, 0.25) is 0 Å². The van der Waals surface area contributed by atoms with E-state index in [1.54, 1.807) is 0 Å². The monoisotopic (exact) mass is 154 g/mol. The Hall–Kier alpha value is -0.830. The molecule has 1 N–H and O–H groups in total. The van der Waals surface area contributed by atoms with Crippen molar-refractivity contribution in [2.45, 2.75) is 6.42 Å². The summed E-state index contributed by atoms with van der Waals surface area (Å²) in [6.07, 6.45) is 2.52. The van der Waals surface area contributed by atoms with E-state index in [0.29, 0.717) is 6.42 Å². The van der Waals surface area contributed by atoms with E-state index in [1.165, 1.54) is 0 Å². The second-order valence-corrected chi connectivity index (χ2v) is 2.97. The first-order valence-corrected chi connectivity index (χ1v) is 3.81. The Labute approximate surface area is 67.1 Å². The van der Waals surface area contributed by atoms with Gasteiger partial charge in [-0.2, -0.15) is 0 Å². The summed E-state index contributed by atoms with van der Waals surface area (Å²) in [5.41, 5.74) is 0.890. The standard InChI is InChI=1S/C8H14N2O/c1-10(2)6-7-5-9-4-3-8(7)11/h6,9H,3-5H2,1-2H3/b7-6-. The molecule has 1 saturated heterocycles. The Bertz CT molecular complexity index is 185. The van der Waals surface area contributed by atoms with Crippen LogP contribution in [0, 0.1) is 0 Å². The molecule has 1 aliphatic heterocycles. The average molecular weight is 154 g/mol. The zero-order valence-electron chi connectivity index (χ0n) is 7.05. The van der Waals surface area contributed by atoms with E-state index in [2.05, 4.69) is 5.32 Å². The van der Waals surface area contributed by atoms with Crippen LogP contribution in [0.4, 0.5) is 0 Å². The van der Waals surface area contributed by atoms with Crippen molar-refractivity contribution >= 4 is 5.78 Å². The molecule has 0 radical (unpaired) electrons. The highest BCUT2D eigenvalue weighted by molar-refractivity contribution is 5.96. The van der Waals surface area contributed by atoms with Gasteiger partial charge in [-0.05, 0) is 0 Å². The van der Waals surface area contributed by atoms with E-state index >= 15 is 0 Å². The summed E-state index contributed by atoms with van der Waals surface area (Å²) in [6.45, 7) is 1.54. The fourth-order valence-electron chi connectivity index (χ4n) is 1.11. The molecule has 1 rings (SSSR count). The summed E-state index contributed by atoms with van der Waals surface area (Å²) < 4.78 is 0. The van der Waals surface area contributed by atoms with Gasteiger partial charge in [-0.15, -0.1) is 0 Å². The van der Waals surface area contributed by atoms with Crippen LogP contribution in [0.25, 0.3) is 0 Å². The largest absolute Gasteiger partial charge is 0.383 e. The van der Waals surface area contributed by atoms with E-state index in [0.717, 1.165) is 18.7 Å². The van der Waals surface area contributed by atoms with Crippen molar-refractivity contribution < 1.29 is 4.79 Å². The summed E-state index contributed by atoms with van der Waals surface area (Å²) in [7, 11) is 3.85. The Morgan fingerprint density at radius 2 is 2.27 bits per heavy atom. The third-order valence-electron chi connectivity index (χ3n) is 1.62. The molecule has 0 bridgehead atoms. The summed E-state index contributed by atoms with van der Waals surface area (Å²) >= 11 is 0. The predicted octanol–water partition coefficient (Wildman–Crippen LogP) is -0.00570. The number of ketones is 1. The topological polar surface area (TPSA) is 32.3 Å². The molecule has 0 saturated carbocycles. The lowest BCUT2D eigenvalue weighted by atomic mass is 10.1. The summed E-state index contributed by atoms with van der Waals surface area (Å²) in [5, 5.41) is 3.15. The van der Waals surface area contributed by atoms with Gasteiger partial charge in [0.05, 0.1) is 0 Å². The van der Waals surface area contributed by atoms with Gasteiger partial charge in [-0.1, -0.05) is 0 Å². The van der Waals surface area contributed by atoms with Gasteiger partial charge in [0.15, 0.2) is 5.78 Å². The van der Waals surface area contributed by atoms with Crippen LogP contribution in [0.3, 0.4) is 0 Å². The second-order valence-electron chi connectivity index (χ2n) is 2.97. The minimum atomic E-state index is 0.275. The van der Waals surface area contributed by atoms with Crippen LogP contribution in [0.15, 0.2) is 11.8 Å². The molecule has 1 heterocycles. The molecule has 1 fully saturated rings. The van der Waals surface area contributed by atoms with Gasteiger partial charge in [0.25, 0.3) is 0 Å². The number of hydrogen-bond donors (Lipinski definition) is 1. The molecular formula is C8H14N2O. The average Bonchev–Trinajstić information content (AvgIpc) is 1.93. The minimum absolute atomic E-state index is 0.275. The molecule has 0 unspecified atom stereocenters. The zero-order chi connectivity index (χ0) is 8.27. The molecule has 3 nitrogen and oxygen atoms in total. The molecule has 1 aliphatic rings. The molecule has 0 aromatic rings. The fourth-order valence-corrected chi connectivity index (χ4v) is 1.11. The van der Waals surface area contributed by atoms with Crippen molar-refractivity contribution in [2.24, 2.45) is 0 Å². The lowest BCUT2D eigenvalue weighted by molar-refractivity contribution is -0.116. The van der Waals surface area contributed by atoms with Crippen LogP contribution in [0.5, 0.6) is 0 Å². The molecule has 62 valence electrons. The van der Waals surface area contributed by atoms with Crippen LogP contribution >= 0.6 is 0 Å². The Morgan fingerprint density at radius 1 is 1.55 bits per heavy atom. The van der Waals surface area contributed by atoms with Gasteiger partial charge in [-0.25, -0.2) is 0 Å². The van der Waals surface area contributed by atoms with Crippen molar-refractivity contribution in [3.63, 3.8) is 0 Å². The molecular weight excluding hydrogens is 140 g/mol. The lowest BCUT2D eigenvalue weighted by Gasteiger charge is -2.16. The number of Topliss-reactive ketones (excluding diaryl/α,β-unsaturated/α-hetero) is 1. The van der Waals surface area contributed by atoms with Crippen LogP contribution in [-0.2, 0) is 4.79 Å². The van der Waals surface area contributed by atoms with E-state index in [1.807, 2.05) is 25.2 Å².